The monoisotopic (exact) mass is 354 g/mol. The largest absolute Gasteiger partial charge is 0.399 e. The van der Waals surface area contributed by atoms with E-state index in [4.69, 9.17) is 5.73 Å². The van der Waals surface area contributed by atoms with Gasteiger partial charge in [-0.05, 0) is 60.3 Å². The molecule has 0 fully saturated rings. The van der Waals surface area contributed by atoms with Gasteiger partial charge in [0.05, 0.1) is 5.75 Å². The second-order valence-corrected chi connectivity index (χ2v) is 6.58. The number of amides is 1. The van der Waals surface area contributed by atoms with Crippen molar-refractivity contribution in [1.82, 2.24) is 4.90 Å². The number of hydrogen-bond acceptors (Lipinski definition) is 3. The minimum Gasteiger partial charge on any atom is -0.399 e. The van der Waals surface area contributed by atoms with Crippen molar-refractivity contribution in [2.45, 2.75) is 31.1 Å². The third kappa shape index (κ3) is 3.79. The van der Waals surface area contributed by atoms with E-state index in [0.717, 1.165) is 40.9 Å². The molecule has 5 heteroatoms. The highest BCUT2D eigenvalue weighted by Gasteiger charge is 2.18. The Hall–Kier alpha value is -0.940. The van der Waals surface area contributed by atoms with Crippen LogP contribution in [0.2, 0.25) is 0 Å². The molecule has 2 rings (SSSR count). The molecule has 0 aromatic heterocycles. The summed E-state index contributed by atoms with van der Waals surface area (Å²) >= 11 is 5.03. The second kappa shape index (κ2) is 7.18. The summed E-state index contributed by atoms with van der Waals surface area (Å²) in [5.74, 6) is 0.627. The molecule has 0 atom stereocenters. The predicted molar refractivity (Wildman–Crippen MR) is 88.6 cm³/mol. The SMILES string of the molecule is CCN(C(=O)CSc1ccc(N)cc1Br)C1=CCCC1. The highest BCUT2D eigenvalue weighted by atomic mass is 79.9. The summed E-state index contributed by atoms with van der Waals surface area (Å²) in [6, 6.07) is 5.67. The zero-order valence-corrected chi connectivity index (χ0v) is 14.0. The summed E-state index contributed by atoms with van der Waals surface area (Å²) in [6.45, 7) is 2.77. The fourth-order valence-corrected chi connectivity index (χ4v) is 3.83. The Balaban J connectivity index is 1.97. The van der Waals surface area contributed by atoms with Gasteiger partial charge in [0.15, 0.2) is 0 Å². The number of carbonyl (C=O) groups excluding carboxylic acids is 1. The van der Waals surface area contributed by atoms with Gasteiger partial charge in [0.1, 0.15) is 0 Å². The molecule has 1 aliphatic carbocycles. The number of thioether (sulfide) groups is 1. The van der Waals surface area contributed by atoms with Gasteiger partial charge in [0.25, 0.3) is 0 Å². The van der Waals surface area contributed by atoms with E-state index in [0.29, 0.717) is 5.75 Å². The topological polar surface area (TPSA) is 46.3 Å². The summed E-state index contributed by atoms with van der Waals surface area (Å²) < 4.78 is 0.943. The van der Waals surface area contributed by atoms with Gasteiger partial charge in [-0.1, -0.05) is 6.08 Å². The number of nitrogen functional groups attached to an aromatic ring is 1. The number of carbonyl (C=O) groups is 1. The quantitative estimate of drug-likeness (QED) is 0.641. The maximum Gasteiger partial charge on any atom is 0.237 e. The Labute approximate surface area is 132 Å². The van der Waals surface area contributed by atoms with E-state index < -0.39 is 0 Å². The number of hydrogen-bond donors (Lipinski definition) is 1. The Morgan fingerprint density at radius 3 is 2.90 bits per heavy atom. The molecule has 0 unspecified atom stereocenters. The lowest BCUT2D eigenvalue weighted by molar-refractivity contribution is -0.126. The summed E-state index contributed by atoms with van der Waals surface area (Å²) in [5.41, 5.74) is 7.62. The van der Waals surface area contributed by atoms with Crippen LogP contribution in [0.25, 0.3) is 0 Å². The maximum atomic E-state index is 12.3. The van der Waals surface area contributed by atoms with E-state index in [1.807, 2.05) is 30.0 Å². The molecule has 0 spiro atoms. The fraction of sp³-hybridized carbons (Fsp3) is 0.400. The van der Waals surface area contributed by atoms with Crippen molar-refractivity contribution in [3.63, 3.8) is 0 Å². The van der Waals surface area contributed by atoms with Crippen molar-refractivity contribution in [2.75, 3.05) is 18.0 Å². The summed E-state index contributed by atoms with van der Waals surface area (Å²) in [6.07, 6.45) is 5.46. The molecule has 1 aromatic rings. The van der Waals surface area contributed by atoms with Gasteiger partial charge in [-0.3, -0.25) is 4.79 Å². The van der Waals surface area contributed by atoms with Crippen LogP contribution in [0.5, 0.6) is 0 Å². The standard InChI is InChI=1S/C15H19BrN2OS/c1-2-18(12-5-3-4-6-12)15(19)10-20-14-8-7-11(17)9-13(14)16/h5,7-9H,2-4,6,10,17H2,1H3. The Bertz CT molecular complexity index is 531. The molecule has 108 valence electrons. The molecule has 2 N–H and O–H groups in total. The Morgan fingerprint density at radius 1 is 1.50 bits per heavy atom. The van der Waals surface area contributed by atoms with Crippen LogP contribution in [0.3, 0.4) is 0 Å². The van der Waals surface area contributed by atoms with Gasteiger partial charge >= 0.3 is 0 Å². The van der Waals surface area contributed by atoms with Crippen LogP contribution in [-0.2, 0) is 4.79 Å². The minimum absolute atomic E-state index is 0.175. The molecular weight excluding hydrogens is 336 g/mol. The first-order valence-electron chi connectivity index (χ1n) is 6.79. The van der Waals surface area contributed by atoms with Crippen LogP contribution in [0.1, 0.15) is 26.2 Å². The Kier molecular flexibility index (Phi) is 5.54. The molecule has 0 saturated heterocycles. The molecular formula is C15H19BrN2OS. The zero-order valence-electron chi connectivity index (χ0n) is 11.6. The molecule has 0 saturated carbocycles. The van der Waals surface area contributed by atoms with Crippen molar-refractivity contribution in [3.05, 3.63) is 34.4 Å². The van der Waals surface area contributed by atoms with E-state index in [1.165, 1.54) is 5.70 Å². The smallest absolute Gasteiger partial charge is 0.237 e. The van der Waals surface area contributed by atoms with Gasteiger partial charge in [0, 0.05) is 27.3 Å². The number of benzene rings is 1. The average molecular weight is 355 g/mol. The van der Waals surface area contributed by atoms with Crippen LogP contribution in [0, 0.1) is 0 Å². The van der Waals surface area contributed by atoms with Gasteiger partial charge in [-0.25, -0.2) is 0 Å². The summed E-state index contributed by atoms with van der Waals surface area (Å²) in [4.78, 5) is 15.3. The number of nitrogens with two attached hydrogens (primary N) is 1. The molecule has 0 aliphatic heterocycles. The number of anilines is 1. The molecule has 3 nitrogen and oxygen atoms in total. The first-order chi connectivity index (χ1) is 9.61. The van der Waals surface area contributed by atoms with E-state index in [1.54, 1.807) is 11.8 Å². The molecule has 0 bridgehead atoms. The molecule has 1 aliphatic rings. The molecule has 0 heterocycles. The lowest BCUT2D eigenvalue weighted by Crippen LogP contribution is -2.31. The molecule has 0 radical (unpaired) electrons. The lowest BCUT2D eigenvalue weighted by atomic mass is 10.3. The van der Waals surface area contributed by atoms with Crippen molar-refractivity contribution in [3.8, 4) is 0 Å². The molecule has 1 amide bonds. The van der Waals surface area contributed by atoms with Crippen LogP contribution in [0.15, 0.2) is 39.3 Å². The highest BCUT2D eigenvalue weighted by Crippen LogP contribution is 2.30. The summed E-state index contributed by atoms with van der Waals surface area (Å²) in [5, 5.41) is 0. The third-order valence-electron chi connectivity index (χ3n) is 3.29. The first-order valence-corrected chi connectivity index (χ1v) is 8.57. The van der Waals surface area contributed by atoms with Crippen LogP contribution >= 0.6 is 27.7 Å². The number of nitrogens with zero attached hydrogens (tertiary/aromatic N) is 1. The van der Waals surface area contributed by atoms with Crippen molar-refractivity contribution in [1.29, 1.82) is 0 Å². The van der Waals surface area contributed by atoms with Gasteiger partial charge in [0.2, 0.25) is 5.91 Å². The van der Waals surface area contributed by atoms with Crippen molar-refractivity contribution in [2.24, 2.45) is 0 Å². The van der Waals surface area contributed by atoms with Gasteiger partial charge in [-0.2, -0.15) is 0 Å². The van der Waals surface area contributed by atoms with Crippen molar-refractivity contribution >= 4 is 39.3 Å². The van der Waals surface area contributed by atoms with E-state index in [2.05, 4.69) is 22.0 Å². The Morgan fingerprint density at radius 2 is 2.30 bits per heavy atom. The van der Waals surface area contributed by atoms with E-state index >= 15 is 0 Å². The third-order valence-corrected chi connectivity index (χ3v) is 5.26. The number of rotatable bonds is 5. The van der Waals surface area contributed by atoms with Crippen LogP contribution in [-0.4, -0.2) is 23.1 Å². The van der Waals surface area contributed by atoms with Crippen LogP contribution < -0.4 is 5.73 Å². The first kappa shape index (κ1) is 15.4. The number of allylic oxidation sites excluding steroid dienone is 2. The van der Waals surface area contributed by atoms with Gasteiger partial charge in [-0.15, -0.1) is 11.8 Å². The van der Waals surface area contributed by atoms with E-state index in [9.17, 15) is 4.79 Å². The highest BCUT2D eigenvalue weighted by molar-refractivity contribution is 9.10. The normalized spacial score (nSPS) is 14.2. The fourth-order valence-electron chi connectivity index (χ4n) is 2.29. The lowest BCUT2D eigenvalue weighted by Gasteiger charge is -2.22. The zero-order chi connectivity index (χ0) is 14.5. The molecule has 20 heavy (non-hydrogen) atoms. The summed E-state index contributed by atoms with van der Waals surface area (Å²) in [7, 11) is 0. The molecule has 1 aromatic carbocycles. The van der Waals surface area contributed by atoms with Crippen molar-refractivity contribution < 1.29 is 4.79 Å². The minimum atomic E-state index is 0.175. The average Bonchev–Trinajstić information content (AvgIpc) is 2.92. The van der Waals surface area contributed by atoms with Crippen LogP contribution in [0.4, 0.5) is 5.69 Å². The number of halogens is 1. The van der Waals surface area contributed by atoms with E-state index in [-0.39, 0.29) is 5.91 Å². The predicted octanol–water partition coefficient (Wildman–Crippen LogP) is 4.04. The van der Waals surface area contributed by atoms with Gasteiger partial charge < -0.3 is 10.6 Å². The second-order valence-electron chi connectivity index (χ2n) is 4.70. The maximum absolute atomic E-state index is 12.3.